The molecule has 1 saturated carbocycles. The van der Waals surface area contributed by atoms with E-state index < -0.39 is 0 Å². The fourth-order valence-electron chi connectivity index (χ4n) is 2.21. The Morgan fingerprint density at radius 3 is 2.57 bits per heavy atom. The summed E-state index contributed by atoms with van der Waals surface area (Å²) in [5, 5.41) is 0.778. The summed E-state index contributed by atoms with van der Waals surface area (Å²) in [6.07, 6.45) is 2.80. The SMILES string of the molecule is Nc1ccc(N2CC3(CC3)C2)c(Cl)c1. The molecule has 14 heavy (non-hydrogen) atoms. The molecule has 0 atom stereocenters. The summed E-state index contributed by atoms with van der Waals surface area (Å²) in [5.74, 6) is 0. The molecule has 0 bridgehead atoms. The average molecular weight is 209 g/mol. The minimum Gasteiger partial charge on any atom is -0.399 e. The molecule has 0 aromatic heterocycles. The average Bonchev–Trinajstić information content (AvgIpc) is 2.81. The Bertz CT molecular complexity index is 377. The number of nitrogen functional groups attached to an aromatic ring is 1. The molecule has 3 rings (SSSR count). The van der Waals surface area contributed by atoms with Crippen molar-refractivity contribution in [1.82, 2.24) is 0 Å². The molecule has 1 spiro atoms. The van der Waals surface area contributed by atoms with Crippen molar-refractivity contribution in [1.29, 1.82) is 0 Å². The number of hydrogen-bond acceptors (Lipinski definition) is 2. The van der Waals surface area contributed by atoms with Crippen LogP contribution in [-0.2, 0) is 0 Å². The molecule has 2 nitrogen and oxygen atoms in total. The molecule has 2 aliphatic rings. The summed E-state index contributed by atoms with van der Waals surface area (Å²) >= 11 is 6.13. The van der Waals surface area contributed by atoms with E-state index in [2.05, 4.69) is 4.90 Å². The lowest BCUT2D eigenvalue weighted by molar-refractivity contribution is 0.387. The van der Waals surface area contributed by atoms with Gasteiger partial charge in [-0.15, -0.1) is 0 Å². The molecule has 1 saturated heterocycles. The maximum absolute atomic E-state index is 6.13. The zero-order valence-electron chi connectivity index (χ0n) is 7.96. The number of nitrogens with zero attached hydrogens (tertiary/aromatic N) is 1. The van der Waals surface area contributed by atoms with E-state index in [1.165, 1.54) is 25.9 Å². The topological polar surface area (TPSA) is 29.3 Å². The molecule has 1 aliphatic carbocycles. The van der Waals surface area contributed by atoms with Crippen LogP contribution in [0.4, 0.5) is 11.4 Å². The molecule has 1 heterocycles. The molecule has 0 amide bonds. The van der Waals surface area contributed by atoms with Gasteiger partial charge in [0.25, 0.3) is 0 Å². The molecular formula is C11H13ClN2. The first-order valence-electron chi connectivity index (χ1n) is 4.99. The summed E-state index contributed by atoms with van der Waals surface area (Å²) in [6.45, 7) is 2.35. The first-order chi connectivity index (χ1) is 6.69. The molecule has 74 valence electrons. The second-order valence-corrected chi connectivity index (χ2v) is 4.97. The fraction of sp³-hybridized carbons (Fsp3) is 0.455. The van der Waals surface area contributed by atoms with Crippen LogP contribution in [0.5, 0.6) is 0 Å². The Hall–Kier alpha value is -0.890. The predicted octanol–water partition coefficient (Wildman–Crippen LogP) is 2.52. The van der Waals surface area contributed by atoms with Crippen LogP contribution in [0.2, 0.25) is 5.02 Å². The summed E-state index contributed by atoms with van der Waals surface area (Å²) < 4.78 is 0. The van der Waals surface area contributed by atoms with E-state index in [0.29, 0.717) is 5.41 Å². The third kappa shape index (κ3) is 1.17. The van der Waals surface area contributed by atoms with E-state index in [1.54, 1.807) is 0 Å². The summed E-state index contributed by atoms with van der Waals surface area (Å²) in [7, 11) is 0. The van der Waals surface area contributed by atoms with E-state index in [9.17, 15) is 0 Å². The van der Waals surface area contributed by atoms with Crippen molar-refractivity contribution in [3.63, 3.8) is 0 Å². The number of hydrogen-bond donors (Lipinski definition) is 1. The van der Waals surface area contributed by atoms with E-state index in [1.807, 2.05) is 18.2 Å². The Morgan fingerprint density at radius 2 is 2.00 bits per heavy atom. The van der Waals surface area contributed by atoms with Crippen molar-refractivity contribution in [3.8, 4) is 0 Å². The lowest BCUT2D eigenvalue weighted by Crippen LogP contribution is -2.48. The van der Waals surface area contributed by atoms with Gasteiger partial charge in [0.2, 0.25) is 0 Å². The van der Waals surface area contributed by atoms with Crippen LogP contribution in [0.3, 0.4) is 0 Å². The molecule has 0 radical (unpaired) electrons. The normalized spacial score (nSPS) is 22.2. The molecule has 2 fully saturated rings. The predicted molar refractivity (Wildman–Crippen MR) is 59.7 cm³/mol. The van der Waals surface area contributed by atoms with E-state index in [4.69, 9.17) is 17.3 Å². The van der Waals surface area contributed by atoms with Crippen LogP contribution < -0.4 is 10.6 Å². The molecule has 2 N–H and O–H groups in total. The monoisotopic (exact) mass is 208 g/mol. The Balaban J connectivity index is 1.83. The Kier molecular flexibility index (Phi) is 1.55. The van der Waals surface area contributed by atoms with Gasteiger partial charge in [-0.05, 0) is 31.0 Å². The largest absolute Gasteiger partial charge is 0.399 e. The van der Waals surface area contributed by atoms with E-state index in [0.717, 1.165) is 16.4 Å². The van der Waals surface area contributed by atoms with Gasteiger partial charge >= 0.3 is 0 Å². The highest BCUT2D eigenvalue weighted by Crippen LogP contribution is 2.54. The maximum atomic E-state index is 6.13. The Labute approximate surface area is 88.6 Å². The molecule has 1 aliphatic heterocycles. The van der Waals surface area contributed by atoms with Crippen molar-refractivity contribution in [2.45, 2.75) is 12.8 Å². The van der Waals surface area contributed by atoms with Gasteiger partial charge in [-0.1, -0.05) is 11.6 Å². The van der Waals surface area contributed by atoms with Crippen LogP contribution in [-0.4, -0.2) is 13.1 Å². The highest BCUT2D eigenvalue weighted by Gasteiger charge is 2.52. The molecule has 1 aromatic rings. The smallest absolute Gasteiger partial charge is 0.0660 e. The van der Waals surface area contributed by atoms with E-state index >= 15 is 0 Å². The first-order valence-corrected chi connectivity index (χ1v) is 5.36. The number of rotatable bonds is 1. The van der Waals surface area contributed by atoms with Crippen LogP contribution in [0.15, 0.2) is 18.2 Å². The maximum Gasteiger partial charge on any atom is 0.0660 e. The zero-order chi connectivity index (χ0) is 9.76. The Morgan fingerprint density at radius 1 is 1.29 bits per heavy atom. The number of nitrogens with two attached hydrogens (primary N) is 1. The van der Waals surface area contributed by atoms with Gasteiger partial charge in [0.15, 0.2) is 0 Å². The third-order valence-corrected chi connectivity index (χ3v) is 3.62. The highest BCUT2D eigenvalue weighted by atomic mass is 35.5. The fourth-order valence-corrected chi connectivity index (χ4v) is 2.51. The summed E-state index contributed by atoms with van der Waals surface area (Å²) in [6, 6.07) is 5.76. The molecule has 1 aromatic carbocycles. The van der Waals surface area contributed by atoms with Gasteiger partial charge < -0.3 is 10.6 Å². The van der Waals surface area contributed by atoms with Crippen LogP contribution in [0, 0.1) is 5.41 Å². The van der Waals surface area contributed by atoms with Crippen molar-refractivity contribution in [3.05, 3.63) is 23.2 Å². The second-order valence-electron chi connectivity index (χ2n) is 4.57. The van der Waals surface area contributed by atoms with E-state index in [-0.39, 0.29) is 0 Å². The minimum atomic E-state index is 0.671. The second kappa shape index (κ2) is 2.57. The minimum absolute atomic E-state index is 0.671. The van der Waals surface area contributed by atoms with Crippen molar-refractivity contribution in [2.75, 3.05) is 23.7 Å². The van der Waals surface area contributed by atoms with Crippen molar-refractivity contribution >= 4 is 23.0 Å². The van der Waals surface area contributed by atoms with Gasteiger partial charge in [0.05, 0.1) is 10.7 Å². The number of benzene rings is 1. The molecular weight excluding hydrogens is 196 g/mol. The van der Waals surface area contributed by atoms with Gasteiger partial charge in [0, 0.05) is 24.2 Å². The van der Waals surface area contributed by atoms with Crippen molar-refractivity contribution in [2.24, 2.45) is 5.41 Å². The quantitative estimate of drug-likeness (QED) is 0.719. The van der Waals surface area contributed by atoms with Gasteiger partial charge in [-0.3, -0.25) is 0 Å². The lowest BCUT2D eigenvalue weighted by atomic mass is 9.96. The van der Waals surface area contributed by atoms with Crippen molar-refractivity contribution < 1.29 is 0 Å². The number of halogens is 1. The van der Waals surface area contributed by atoms with Gasteiger partial charge in [0.1, 0.15) is 0 Å². The first kappa shape index (κ1) is 8.42. The number of anilines is 2. The summed E-state index contributed by atoms with van der Waals surface area (Å²) in [4.78, 5) is 2.34. The standard InChI is InChI=1S/C11H13ClN2/c12-9-5-8(13)1-2-10(9)14-6-11(7-14)3-4-11/h1-2,5H,3-4,6-7,13H2. The molecule has 0 unspecified atom stereocenters. The van der Waals surface area contributed by atoms with Crippen LogP contribution in [0.1, 0.15) is 12.8 Å². The highest BCUT2D eigenvalue weighted by molar-refractivity contribution is 6.33. The van der Waals surface area contributed by atoms with Gasteiger partial charge in [-0.25, -0.2) is 0 Å². The van der Waals surface area contributed by atoms with Crippen LogP contribution in [0.25, 0.3) is 0 Å². The lowest BCUT2D eigenvalue weighted by Gasteiger charge is -2.42. The van der Waals surface area contributed by atoms with Gasteiger partial charge in [-0.2, -0.15) is 0 Å². The molecule has 3 heteroatoms. The third-order valence-electron chi connectivity index (χ3n) is 3.32. The van der Waals surface area contributed by atoms with Crippen LogP contribution >= 0.6 is 11.6 Å². The zero-order valence-corrected chi connectivity index (χ0v) is 8.72. The summed E-state index contributed by atoms with van der Waals surface area (Å²) in [5.41, 5.74) is 8.20.